The average Bonchev–Trinajstić information content (AvgIpc) is 3.73. The molecule has 3 aromatic carbocycles. The van der Waals surface area contributed by atoms with Gasteiger partial charge in [-0.3, -0.25) is 24.3 Å². The Morgan fingerprint density at radius 1 is 0.847 bits per heavy atom. The monoisotopic (exact) mass is 901 g/mol. The molecule has 1 fully saturated rings. The zero-order chi connectivity index (χ0) is 42.5. The molecule has 1 saturated heterocycles. The molecule has 27 heteroatoms. The first-order valence-electron chi connectivity index (χ1n) is 16.6. The minimum absolute atomic E-state index is 0.0222. The lowest BCUT2D eigenvalue weighted by atomic mass is 10.1. The van der Waals surface area contributed by atoms with Gasteiger partial charge in [-0.2, -0.15) is 4.31 Å². The summed E-state index contributed by atoms with van der Waals surface area (Å²) in [6.45, 7) is -1.14. The molecule has 59 heavy (non-hydrogen) atoms. The van der Waals surface area contributed by atoms with E-state index in [0.29, 0.717) is 0 Å². The van der Waals surface area contributed by atoms with Gasteiger partial charge in [0, 0.05) is 11.4 Å². The number of phosphoric ester groups is 1. The Morgan fingerprint density at radius 3 is 2.00 bits per heavy atom. The van der Waals surface area contributed by atoms with E-state index in [1.807, 2.05) is 0 Å². The lowest BCUT2D eigenvalue weighted by molar-refractivity contribution is -0.0514. The van der Waals surface area contributed by atoms with Gasteiger partial charge in [0.2, 0.25) is 0 Å². The van der Waals surface area contributed by atoms with Gasteiger partial charge in [0.05, 0.1) is 19.1 Å². The molecule has 0 saturated carbocycles. The Kier molecular flexibility index (Phi) is 13.5. The van der Waals surface area contributed by atoms with Crippen LogP contribution in [0.4, 0.5) is 35.6 Å². The minimum atomic E-state index is -5.83. The molecule has 7 N–H and O–H groups in total. The minimum Gasteiger partial charge on any atom is -0.439 e. The predicted octanol–water partition coefficient (Wildman–Crippen LogP) is 6.18. The molecule has 7 atom stereocenters. The summed E-state index contributed by atoms with van der Waals surface area (Å²) in [4.78, 5) is 70.3. The molecule has 6 rings (SSSR count). The van der Waals surface area contributed by atoms with Gasteiger partial charge in [0.25, 0.3) is 0 Å². The fraction of sp³-hybridized carbons (Fsp3) is 0.219. The van der Waals surface area contributed by atoms with Crippen molar-refractivity contribution in [2.75, 3.05) is 29.2 Å². The molecule has 2 amide bonds. The van der Waals surface area contributed by atoms with Crippen LogP contribution < -0.4 is 16.4 Å². The van der Waals surface area contributed by atoms with Crippen LogP contribution in [0.3, 0.4) is 0 Å². The number of ether oxygens (including phenoxy) is 3. The van der Waals surface area contributed by atoms with Crippen molar-refractivity contribution < 1.29 is 74.1 Å². The van der Waals surface area contributed by atoms with Gasteiger partial charge in [-0.15, -0.1) is 0 Å². The standard InChI is InChI=1S/C32H32F2N7O14P3S/c1-59-30-39-27(35)24-28(40-30)41(17-36-24)29-26(53-32(43)38-22-13-9-20(34)10-14-22)25(52-31(42)37-21-11-7-19(33)8-12-21)23(51-29)15-50-57(46,47)55-58(48,49)54-56(44,45)16-18-5-3-2-4-6-18/h2-14,17,23,25-26,29H,15-16H2,1H3,(H,37,42)(H,38,43)(H,44,45)(H,46,47)(H,48,49)(H2,35,39,40). The third kappa shape index (κ3) is 11.7. The molecule has 1 aliphatic rings. The summed E-state index contributed by atoms with van der Waals surface area (Å²) >= 11 is 1.11. The molecule has 3 heterocycles. The first-order valence-corrected chi connectivity index (χ1v) is 22.6. The maximum atomic E-state index is 13.6. The maximum Gasteiger partial charge on any atom is 0.488 e. The van der Waals surface area contributed by atoms with Gasteiger partial charge in [-0.05, 0) is 60.4 Å². The number of aromatic nitrogens is 4. The van der Waals surface area contributed by atoms with Crippen molar-refractivity contribution in [2.45, 2.75) is 35.9 Å². The quantitative estimate of drug-likeness (QED) is 0.0388. The fourth-order valence-corrected chi connectivity index (χ4v) is 9.99. The van der Waals surface area contributed by atoms with Gasteiger partial charge in [0.15, 0.2) is 35.1 Å². The van der Waals surface area contributed by atoms with Gasteiger partial charge in [-0.1, -0.05) is 42.1 Å². The molecule has 21 nitrogen and oxygen atoms in total. The van der Waals surface area contributed by atoms with E-state index in [4.69, 9.17) is 24.5 Å². The van der Waals surface area contributed by atoms with Crippen LogP contribution >= 0.6 is 35.0 Å². The third-order valence-electron chi connectivity index (χ3n) is 7.90. The molecule has 5 aromatic rings. The Labute approximate surface area is 335 Å². The van der Waals surface area contributed by atoms with Crippen LogP contribution in [0.1, 0.15) is 11.8 Å². The summed E-state index contributed by atoms with van der Waals surface area (Å²) in [6.07, 6.45) is -7.26. The summed E-state index contributed by atoms with van der Waals surface area (Å²) in [6, 6.07) is 16.5. The van der Waals surface area contributed by atoms with Crippen molar-refractivity contribution in [1.82, 2.24) is 19.5 Å². The molecular weight excluding hydrogens is 869 g/mol. The number of fused-ring (bicyclic) bond motifs is 1. The van der Waals surface area contributed by atoms with E-state index in [2.05, 4.69) is 34.2 Å². The van der Waals surface area contributed by atoms with Crippen LogP contribution in [0.25, 0.3) is 11.2 Å². The van der Waals surface area contributed by atoms with Crippen molar-refractivity contribution >= 4 is 75.5 Å². The van der Waals surface area contributed by atoms with Crippen molar-refractivity contribution in [1.29, 1.82) is 0 Å². The van der Waals surface area contributed by atoms with Crippen molar-refractivity contribution in [3.63, 3.8) is 0 Å². The van der Waals surface area contributed by atoms with Gasteiger partial charge >= 0.3 is 35.4 Å². The normalized spacial score (nSPS) is 20.8. The summed E-state index contributed by atoms with van der Waals surface area (Å²) in [7, 11) is -16.5. The summed E-state index contributed by atoms with van der Waals surface area (Å²) in [5, 5.41) is 4.89. The topological polar surface area (TPSA) is 295 Å². The molecule has 314 valence electrons. The second kappa shape index (κ2) is 18.2. The molecule has 0 radical (unpaired) electrons. The zero-order valence-electron chi connectivity index (χ0n) is 30.0. The second-order valence-corrected chi connectivity index (χ2v) is 18.0. The highest BCUT2D eigenvalue weighted by atomic mass is 32.2. The van der Waals surface area contributed by atoms with E-state index in [1.165, 1.54) is 59.4 Å². The molecule has 0 bridgehead atoms. The molecule has 2 aromatic heterocycles. The molecule has 1 aliphatic heterocycles. The van der Waals surface area contributed by atoms with Crippen LogP contribution in [0.2, 0.25) is 0 Å². The highest BCUT2D eigenvalue weighted by Gasteiger charge is 2.52. The summed E-state index contributed by atoms with van der Waals surface area (Å²) < 4.78 is 97.8. The van der Waals surface area contributed by atoms with Crippen LogP contribution in [-0.4, -0.2) is 77.6 Å². The number of rotatable bonds is 15. The molecular formula is C32H32F2N7O14P3S. The number of carbonyl (C=O) groups is 2. The maximum absolute atomic E-state index is 13.6. The van der Waals surface area contributed by atoms with E-state index in [0.717, 1.165) is 36.0 Å². The Bertz CT molecular complexity index is 2460. The second-order valence-electron chi connectivity index (χ2n) is 12.2. The zero-order valence-corrected chi connectivity index (χ0v) is 33.5. The number of thioether (sulfide) groups is 1. The Hall–Kier alpha value is -4.83. The lowest BCUT2D eigenvalue weighted by Crippen LogP contribution is -2.42. The number of phosphoric acid groups is 2. The molecule has 0 spiro atoms. The van der Waals surface area contributed by atoms with E-state index >= 15 is 0 Å². The highest BCUT2D eigenvalue weighted by molar-refractivity contribution is 7.98. The number of nitrogens with two attached hydrogens (primary N) is 1. The number of carbonyl (C=O) groups excluding carboxylic acids is 2. The van der Waals surface area contributed by atoms with Gasteiger partial charge < -0.3 is 34.6 Å². The van der Waals surface area contributed by atoms with Crippen LogP contribution in [0.5, 0.6) is 0 Å². The SMILES string of the molecule is CSc1nc(N)c2ncn(C3OC(COP(=O)(O)OP(=O)(O)OP(=O)(O)Cc4ccccc4)C(OC(=O)Nc4ccc(F)cc4)C3OC(=O)Nc3ccc(F)cc3)c2n1. The van der Waals surface area contributed by atoms with E-state index < -0.39 is 84.4 Å². The van der Waals surface area contributed by atoms with Crippen LogP contribution in [0, 0.1) is 11.6 Å². The van der Waals surface area contributed by atoms with Crippen LogP contribution in [-0.2, 0) is 47.2 Å². The Balaban J connectivity index is 1.30. The number of hydrogen-bond donors (Lipinski definition) is 6. The summed E-state index contributed by atoms with van der Waals surface area (Å²) in [5.74, 6) is -1.29. The van der Waals surface area contributed by atoms with Gasteiger partial charge in [-0.25, -0.2) is 46.8 Å². The smallest absolute Gasteiger partial charge is 0.439 e. The fourth-order valence-electron chi connectivity index (χ4n) is 5.48. The van der Waals surface area contributed by atoms with Gasteiger partial charge in [0.1, 0.15) is 23.3 Å². The molecule has 7 unspecified atom stereocenters. The van der Waals surface area contributed by atoms with Crippen molar-refractivity contribution in [3.05, 3.63) is 102 Å². The number of anilines is 3. The number of hydrogen-bond acceptors (Lipinski definition) is 16. The van der Waals surface area contributed by atoms with E-state index in [9.17, 15) is 46.7 Å². The third-order valence-corrected chi connectivity index (χ3v) is 13.2. The summed E-state index contributed by atoms with van der Waals surface area (Å²) in [5.41, 5.74) is 6.52. The molecule has 0 aliphatic carbocycles. The highest BCUT2D eigenvalue weighted by Crippen LogP contribution is 2.68. The average molecular weight is 902 g/mol. The predicted molar refractivity (Wildman–Crippen MR) is 204 cm³/mol. The first kappa shape index (κ1) is 43.7. The number of nitrogens with zero attached hydrogens (tertiary/aromatic N) is 4. The first-order chi connectivity index (χ1) is 27.9. The van der Waals surface area contributed by atoms with E-state index in [-0.39, 0.29) is 39.1 Å². The van der Waals surface area contributed by atoms with Crippen molar-refractivity contribution in [3.8, 4) is 0 Å². The van der Waals surface area contributed by atoms with E-state index in [1.54, 1.807) is 12.3 Å². The van der Waals surface area contributed by atoms with Crippen molar-refractivity contribution in [2.24, 2.45) is 0 Å². The number of nitrogen functional groups attached to an aromatic ring is 1. The number of imidazole rings is 1. The Morgan fingerprint density at radius 2 is 1.42 bits per heavy atom. The number of halogens is 2. The number of nitrogens with one attached hydrogen (secondary N) is 2. The lowest BCUT2D eigenvalue weighted by Gasteiger charge is -2.25. The largest absolute Gasteiger partial charge is 0.488 e. The number of amides is 2. The van der Waals surface area contributed by atoms with Crippen LogP contribution in [0.15, 0.2) is 90.3 Å². The number of benzene rings is 3.